The number of benzene rings is 1. The number of piperidine rings is 1. The van der Waals surface area contributed by atoms with Gasteiger partial charge in [0.2, 0.25) is 0 Å². The van der Waals surface area contributed by atoms with Crippen LogP contribution in [0, 0.1) is 0 Å². The Morgan fingerprint density at radius 1 is 1.23 bits per heavy atom. The number of guanidine groups is 1. The molecule has 5 nitrogen and oxygen atoms in total. The summed E-state index contributed by atoms with van der Waals surface area (Å²) in [5.74, 6) is 0.836. The van der Waals surface area contributed by atoms with Crippen LogP contribution in [-0.4, -0.2) is 48.9 Å². The number of para-hydroxylation sites is 1. The summed E-state index contributed by atoms with van der Waals surface area (Å²) in [4.78, 5) is 7.12. The molecule has 1 saturated heterocycles. The molecule has 3 N–H and O–H groups in total. The van der Waals surface area contributed by atoms with E-state index in [1.165, 1.54) is 12.1 Å². The Labute approximate surface area is 174 Å². The van der Waals surface area contributed by atoms with E-state index in [-0.39, 0.29) is 24.0 Å². The van der Waals surface area contributed by atoms with E-state index in [9.17, 15) is 5.11 Å². The standard InChI is InChI=1S/C20H32N4O.HI/c1-2-21-19(22-16-20(25)12-6-7-13-20)23-17-9-8-14-24(15-17)18-10-4-3-5-11-18;/h3-5,10-11,17,25H,2,6-9,12-16H2,1H3,(H2,21,22,23);1H. The van der Waals surface area contributed by atoms with Crippen molar-refractivity contribution in [3.8, 4) is 0 Å². The van der Waals surface area contributed by atoms with E-state index in [2.05, 4.69) is 57.8 Å². The van der Waals surface area contributed by atoms with E-state index in [4.69, 9.17) is 0 Å². The van der Waals surface area contributed by atoms with Gasteiger partial charge in [0.05, 0.1) is 12.1 Å². The van der Waals surface area contributed by atoms with Gasteiger partial charge in [-0.05, 0) is 44.7 Å². The highest BCUT2D eigenvalue weighted by atomic mass is 127. The number of nitrogens with one attached hydrogen (secondary N) is 2. The van der Waals surface area contributed by atoms with Gasteiger partial charge in [-0.3, -0.25) is 4.99 Å². The third-order valence-electron chi connectivity index (χ3n) is 5.29. The van der Waals surface area contributed by atoms with Gasteiger partial charge >= 0.3 is 0 Å². The molecular formula is C20H33IN4O. The van der Waals surface area contributed by atoms with Crippen molar-refractivity contribution in [3.05, 3.63) is 30.3 Å². The molecule has 146 valence electrons. The van der Waals surface area contributed by atoms with Crippen LogP contribution in [0.4, 0.5) is 5.69 Å². The maximum Gasteiger partial charge on any atom is 0.191 e. The van der Waals surface area contributed by atoms with Crippen molar-refractivity contribution in [3.63, 3.8) is 0 Å². The average Bonchev–Trinajstić information content (AvgIpc) is 3.08. The number of nitrogens with zero attached hydrogens (tertiary/aromatic N) is 2. The van der Waals surface area contributed by atoms with E-state index in [0.29, 0.717) is 12.6 Å². The predicted molar refractivity (Wildman–Crippen MR) is 120 cm³/mol. The van der Waals surface area contributed by atoms with Crippen LogP contribution in [0.2, 0.25) is 0 Å². The number of aliphatic hydroxyl groups is 1. The highest BCUT2D eigenvalue weighted by molar-refractivity contribution is 14.0. The van der Waals surface area contributed by atoms with Crippen LogP contribution in [0.3, 0.4) is 0 Å². The first-order chi connectivity index (χ1) is 12.2. The van der Waals surface area contributed by atoms with Crippen molar-refractivity contribution in [2.45, 2.75) is 57.1 Å². The van der Waals surface area contributed by atoms with Crippen LogP contribution < -0.4 is 15.5 Å². The Morgan fingerprint density at radius 2 is 1.96 bits per heavy atom. The quantitative estimate of drug-likeness (QED) is 0.350. The largest absolute Gasteiger partial charge is 0.388 e. The van der Waals surface area contributed by atoms with E-state index < -0.39 is 5.60 Å². The van der Waals surface area contributed by atoms with Gasteiger partial charge in [-0.15, -0.1) is 24.0 Å². The summed E-state index contributed by atoms with van der Waals surface area (Å²) < 4.78 is 0. The van der Waals surface area contributed by atoms with Crippen molar-refractivity contribution < 1.29 is 5.11 Å². The van der Waals surface area contributed by atoms with Crippen LogP contribution in [0.15, 0.2) is 35.3 Å². The van der Waals surface area contributed by atoms with E-state index in [0.717, 1.165) is 57.7 Å². The molecule has 3 rings (SSSR count). The van der Waals surface area contributed by atoms with Crippen LogP contribution in [-0.2, 0) is 0 Å². The molecule has 0 radical (unpaired) electrons. The van der Waals surface area contributed by atoms with Gasteiger partial charge < -0.3 is 20.6 Å². The second-order valence-corrected chi connectivity index (χ2v) is 7.39. The van der Waals surface area contributed by atoms with Gasteiger partial charge in [-0.2, -0.15) is 0 Å². The maximum absolute atomic E-state index is 10.5. The number of hydrogen-bond acceptors (Lipinski definition) is 3. The summed E-state index contributed by atoms with van der Waals surface area (Å²) in [6.45, 7) is 5.50. The SMILES string of the molecule is CCNC(=NCC1(O)CCCC1)NC1CCCN(c2ccccc2)C1.I. The molecule has 1 aliphatic carbocycles. The fourth-order valence-electron chi connectivity index (χ4n) is 3.90. The first-order valence-corrected chi connectivity index (χ1v) is 9.76. The minimum Gasteiger partial charge on any atom is -0.388 e. The minimum absolute atomic E-state index is 0. The summed E-state index contributed by atoms with van der Waals surface area (Å²) in [5, 5.41) is 17.5. The number of rotatable bonds is 5. The van der Waals surface area contributed by atoms with Gasteiger partial charge in [0.1, 0.15) is 0 Å². The second-order valence-electron chi connectivity index (χ2n) is 7.39. The molecule has 1 unspecified atom stereocenters. The third kappa shape index (κ3) is 6.01. The van der Waals surface area contributed by atoms with Crippen molar-refractivity contribution in [2.75, 3.05) is 31.1 Å². The number of aliphatic imine (C=N–C) groups is 1. The lowest BCUT2D eigenvalue weighted by Crippen LogP contribution is -2.51. The third-order valence-corrected chi connectivity index (χ3v) is 5.29. The highest BCUT2D eigenvalue weighted by Gasteiger charge is 2.31. The Kier molecular flexibility index (Phi) is 8.47. The molecule has 0 aromatic heterocycles. The first kappa shape index (κ1) is 21.3. The van der Waals surface area contributed by atoms with Gasteiger partial charge in [-0.25, -0.2) is 0 Å². The molecule has 2 aliphatic rings. The highest BCUT2D eigenvalue weighted by Crippen LogP contribution is 2.29. The molecule has 0 amide bonds. The van der Waals surface area contributed by atoms with E-state index in [1.54, 1.807) is 0 Å². The number of anilines is 1. The van der Waals surface area contributed by atoms with Crippen molar-refractivity contribution in [2.24, 2.45) is 4.99 Å². The molecule has 1 heterocycles. The van der Waals surface area contributed by atoms with Crippen LogP contribution >= 0.6 is 24.0 Å². The lowest BCUT2D eigenvalue weighted by atomic mass is 10.0. The topological polar surface area (TPSA) is 59.9 Å². The average molecular weight is 472 g/mol. The molecule has 2 fully saturated rings. The fourth-order valence-corrected chi connectivity index (χ4v) is 3.90. The maximum atomic E-state index is 10.5. The molecule has 1 aliphatic heterocycles. The molecule has 0 spiro atoms. The summed E-state index contributed by atoms with van der Waals surface area (Å²) in [6.07, 6.45) is 6.31. The molecule has 1 atom stereocenters. The number of hydrogen-bond donors (Lipinski definition) is 3. The zero-order chi connectivity index (χ0) is 17.5. The number of halogens is 1. The van der Waals surface area contributed by atoms with Crippen LogP contribution in [0.25, 0.3) is 0 Å². The monoisotopic (exact) mass is 472 g/mol. The van der Waals surface area contributed by atoms with Crippen molar-refractivity contribution >= 4 is 35.6 Å². The second kappa shape index (κ2) is 10.3. The van der Waals surface area contributed by atoms with E-state index >= 15 is 0 Å². The van der Waals surface area contributed by atoms with Gasteiger partial charge in [0.15, 0.2) is 5.96 Å². The predicted octanol–water partition coefficient (Wildman–Crippen LogP) is 3.13. The molecule has 6 heteroatoms. The van der Waals surface area contributed by atoms with Crippen molar-refractivity contribution in [1.29, 1.82) is 0 Å². The van der Waals surface area contributed by atoms with Crippen molar-refractivity contribution in [1.82, 2.24) is 10.6 Å². The zero-order valence-electron chi connectivity index (χ0n) is 15.8. The lowest BCUT2D eigenvalue weighted by molar-refractivity contribution is 0.0574. The van der Waals surface area contributed by atoms with Gasteiger partial charge in [-0.1, -0.05) is 31.0 Å². The molecule has 26 heavy (non-hydrogen) atoms. The van der Waals surface area contributed by atoms with E-state index in [1.807, 2.05) is 0 Å². The van der Waals surface area contributed by atoms with Gasteiger partial charge in [0, 0.05) is 31.4 Å². The first-order valence-electron chi connectivity index (χ1n) is 9.76. The Morgan fingerprint density at radius 3 is 2.65 bits per heavy atom. The molecule has 1 saturated carbocycles. The Hall–Kier alpha value is -1.02. The Balaban J connectivity index is 0.00000243. The summed E-state index contributed by atoms with van der Waals surface area (Å²) in [5.41, 5.74) is 0.696. The Bertz CT molecular complexity index is 560. The molecule has 1 aromatic carbocycles. The molecular weight excluding hydrogens is 439 g/mol. The summed E-state index contributed by atoms with van der Waals surface area (Å²) >= 11 is 0. The lowest BCUT2D eigenvalue weighted by Gasteiger charge is -2.35. The molecule has 1 aromatic rings. The van der Waals surface area contributed by atoms with Crippen LogP contribution in [0.1, 0.15) is 45.4 Å². The smallest absolute Gasteiger partial charge is 0.191 e. The molecule has 0 bridgehead atoms. The summed E-state index contributed by atoms with van der Waals surface area (Å²) in [6, 6.07) is 11.0. The zero-order valence-corrected chi connectivity index (χ0v) is 18.1. The fraction of sp³-hybridized carbons (Fsp3) is 0.650. The normalized spacial score (nSPS) is 22.6. The van der Waals surface area contributed by atoms with Crippen LogP contribution in [0.5, 0.6) is 0 Å². The summed E-state index contributed by atoms with van der Waals surface area (Å²) in [7, 11) is 0. The minimum atomic E-state index is -0.592. The van der Waals surface area contributed by atoms with Gasteiger partial charge in [0.25, 0.3) is 0 Å².